The van der Waals surface area contributed by atoms with Gasteiger partial charge in [0, 0.05) is 16.3 Å². The van der Waals surface area contributed by atoms with Gasteiger partial charge in [0.2, 0.25) is 9.84 Å². The minimum Gasteiger partial charge on any atom is -0.219 e. The van der Waals surface area contributed by atoms with Crippen LogP contribution in [0.4, 0.5) is 0 Å². The van der Waals surface area contributed by atoms with Gasteiger partial charge in [-0.05, 0) is 25.5 Å². The maximum atomic E-state index is 12.6. The third-order valence-corrected chi connectivity index (χ3v) is 6.87. The smallest absolute Gasteiger partial charge is 0.204 e. The van der Waals surface area contributed by atoms with Crippen LogP contribution in [0.3, 0.4) is 0 Å². The van der Waals surface area contributed by atoms with Crippen molar-refractivity contribution < 1.29 is 8.42 Å². The van der Waals surface area contributed by atoms with Crippen molar-refractivity contribution in [1.29, 1.82) is 0 Å². The van der Waals surface area contributed by atoms with E-state index in [0.717, 1.165) is 16.5 Å². The monoisotopic (exact) mass is 324 g/mol. The lowest BCUT2D eigenvalue weighted by atomic mass is 10.2. The van der Waals surface area contributed by atoms with Crippen LogP contribution in [-0.4, -0.2) is 8.42 Å². The Morgan fingerprint density at radius 1 is 1.11 bits per heavy atom. The van der Waals surface area contributed by atoms with Gasteiger partial charge in [-0.3, -0.25) is 0 Å². The normalized spacial score (nSPS) is 26.1. The average molecular weight is 325 g/mol. The zero-order valence-corrected chi connectivity index (χ0v) is 12.3. The number of fused-ring (bicyclic) bond motifs is 2. The van der Waals surface area contributed by atoms with E-state index in [9.17, 15) is 8.42 Å². The number of rotatable bonds is 2. The molecule has 2 aliphatic carbocycles. The second-order valence-electron chi connectivity index (χ2n) is 4.86. The molecular formula is C14H13BrO2S. The first-order valence-electron chi connectivity index (χ1n) is 5.90. The number of benzene rings is 1. The van der Waals surface area contributed by atoms with E-state index in [4.69, 9.17) is 0 Å². The van der Waals surface area contributed by atoms with Gasteiger partial charge in [-0.25, -0.2) is 8.42 Å². The number of hydrogen-bond acceptors (Lipinski definition) is 2. The highest BCUT2D eigenvalue weighted by Crippen LogP contribution is 2.49. The molecule has 2 aliphatic rings. The molecule has 0 N–H and O–H groups in total. The van der Waals surface area contributed by atoms with E-state index in [1.165, 1.54) is 0 Å². The zero-order valence-electron chi connectivity index (χ0n) is 9.93. The maximum absolute atomic E-state index is 12.6. The molecule has 4 heteroatoms. The summed E-state index contributed by atoms with van der Waals surface area (Å²) in [5.41, 5.74) is 1.06. The Morgan fingerprint density at radius 2 is 1.72 bits per heavy atom. The molecule has 1 aromatic carbocycles. The van der Waals surface area contributed by atoms with Gasteiger partial charge in [0.1, 0.15) is 0 Å². The summed E-state index contributed by atoms with van der Waals surface area (Å²) in [6, 6.07) is 7.05. The van der Waals surface area contributed by atoms with E-state index in [2.05, 4.69) is 22.0 Å². The van der Waals surface area contributed by atoms with Crippen molar-refractivity contribution in [3.8, 4) is 0 Å². The van der Waals surface area contributed by atoms with Gasteiger partial charge in [0.25, 0.3) is 0 Å². The van der Waals surface area contributed by atoms with Crippen LogP contribution in [0.15, 0.2) is 50.7 Å². The van der Waals surface area contributed by atoms with Gasteiger partial charge in [-0.1, -0.05) is 45.8 Å². The summed E-state index contributed by atoms with van der Waals surface area (Å²) in [7, 11) is -3.35. The first-order valence-corrected chi connectivity index (χ1v) is 8.17. The van der Waals surface area contributed by atoms with Crippen molar-refractivity contribution >= 4 is 25.8 Å². The Kier molecular flexibility index (Phi) is 2.75. The predicted molar refractivity (Wildman–Crippen MR) is 75.1 cm³/mol. The van der Waals surface area contributed by atoms with Gasteiger partial charge in [-0.2, -0.15) is 0 Å². The van der Waals surface area contributed by atoms with E-state index in [0.29, 0.717) is 9.80 Å². The van der Waals surface area contributed by atoms with Gasteiger partial charge >= 0.3 is 0 Å². The van der Waals surface area contributed by atoms with E-state index in [1.807, 2.05) is 25.1 Å². The van der Waals surface area contributed by atoms with Gasteiger partial charge in [0.05, 0.1) is 9.80 Å². The Balaban J connectivity index is 2.09. The highest BCUT2D eigenvalue weighted by molar-refractivity contribution is 9.11. The van der Waals surface area contributed by atoms with E-state index < -0.39 is 9.84 Å². The number of halogens is 1. The first-order chi connectivity index (χ1) is 8.50. The summed E-state index contributed by atoms with van der Waals surface area (Å²) < 4.78 is 26.1. The molecule has 94 valence electrons. The molecule has 0 heterocycles. The lowest BCUT2D eigenvalue weighted by Gasteiger charge is -2.13. The van der Waals surface area contributed by atoms with Crippen LogP contribution >= 0.6 is 15.9 Å². The van der Waals surface area contributed by atoms with Crippen LogP contribution in [0, 0.1) is 18.8 Å². The third kappa shape index (κ3) is 1.70. The molecule has 0 amide bonds. The van der Waals surface area contributed by atoms with E-state index in [-0.39, 0.29) is 11.8 Å². The predicted octanol–water partition coefficient (Wildman–Crippen LogP) is 3.58. The summed E-state index contributed by atoms with van der Waals surface area (Å²) in [5, 5.41) is 0. The molecule has 3 rings (SSSR count). The lowest BCUT2D eigenvalue weighted by Crippen LogP contribution is -2.10. The Labute approximate surface area is 115 Å². The molecule has 0 aliphatic heterocycles. The number of hydrogen-bond donors (Lipinski definition) is 0. The molecule has 2 atom stereocenters. The van der Waals surface area contributed by atoms with Crippen molar-refractivity contribution in [3.63, 3.8) is 0 Å². The van der Waals surface area contributed by atoms with Crippen LogP contribution < -0.4 is 0 Å². The van der Waals surface area contributed by atoms with Crippen LogP contribution in [0.25, 0.3) is 0 Å². The Morgan fingerprint density at radius 3 is 2.28 bits per heavy atom. The van der Waals surface area contributed by atoms with Crippen molar-refractivity contribution in [2.45, 2.75) is 18.2 Å². The first kappa shape index (κ1) is 12.2. The minimum atomic E-state index is -3.35. The molecule has 0 spiro atoms. The third-order valence-electron chi connectivity index (χ3n) is 3.60. The molecule has 2 bridgehead atoms. The van der Waals surface area contributed by atoms with Crippen molar-refractivity contribution in [2.24, 2.45) is 11.8 Å². The molecule has 18 heavy (non-hydrogen) atoms. The number of sulfone groups is 1. The quantitative estimate of drug-likeness (QED) is 0.779. The Bertz CT molecular complexity index is 654. The molecule has 2 unspecified atom stereocenters. The fourth-order valence-corrected chi connectivity index (χ4v) is 5.62. The standard InChI is InChI=1S/C14H13BrO2S/c1-9-2-6-12(7-3-9)18(16,17)14-11-5-4-10(8-11)13(14)15/h2-7,10-11H,8H2,1H3. The summed E-state index contributed by atoms with van der Waals surface area (Å²) in [4.78, 5) is 0.944. The summed E-state index contributed by atoms with van der Waals surface area (Å²) in [5.74, 6) is 0.306. The van der Waals surface area contributed by atoms with Crippen molar-refractivity contribution in [3.05, 3.63) is 51.4 Å². The second kappa shape index (κ2) is 4.07. The topological polar surface area (TPSA) is 34.1 Å². The molecule has 0 aromatic heterocycles. The SMILES string of the molecule is Cc1ccc(S(=O)(=O)C2=C(Br)C3C=CC2C3)cc1. The van der Waals surface area contributed by atoms with Crippen LogP contribution in [0.2, 0.25) is 0 Å². The molecule has 0 fully saturated rings. The van der Waals surface area contributed by atoms with E-state index in [1.54, 1.807) is 12.1 Å². The molecular weight excluding hydrogens is 312 g/mol. The van der Waals surface area contributed by atoms with Crippen LogP contribution in [-0.2, 0) is 9.84 Å². The number of allylic oxidation sites excluding steroid dienone is 4. The second-order valence-corrected chi connectivity index (χ2v) is 7.63. The highest BCUT2D eigenvalue weighted by atomic mass is 79.9. The summed E-state index contributed by atoms with van der Waals surface area (Å²) in [6.07, 6.45) is 4.99. The largest absolute Gasteiger partial charge is 0.219 e. The van der Waals surface area contributed by atoms with Gasteiger partial charge < -0.3 is 0 Å². The van der Waals surface area contributed by atoms with Gasteiger partial charge in [0.15, 0.2) is 0 Å². The highest BCUT2D eigenvalue weighted by Gasteiger charge is 2.41. The van der Waals surface area contributed by atoms with Crippen LogP contribution in [0.1, 0.15) is 12.0 Å². The van der Waals surface area contributed by atoms with Gasteiger partial charge in [-0.15, -0.1) is 0 Å². The maximum Gasteiger partial charge on any atom is 0.204 e. The average Bonchev–Trinajstić information content (AvgIpc) is 2.89. The summed E-state index contributed by atoms with van der Waals surface area (Å²) >= 11 is 3.46. The molecule has 1 aromatic rings. The zero-order chi connectivity index (χ0) is 12.9. The van der Waals surface area contributed by atoms with E-state index >= 15 is 0 Å². The minimum absolute atomic E-state index is 0.0516. The van der Waals surface area contributed by atoms with Crippen LogP contribution in [0.5, 0.6) is 0 Å². The fraction of sp³-hybridized carbons (Fsp3) is 0.286. The lowest BCUT2D eigenvalue weighted by molar-refractivity contribution is 0.596. The molecule has 0 saturated carbocycles. The fourth-order valence-electron chi connectivity index (χ4n) is 2.61. The van der Waals surface area contributed by atoms with Crippen molar-refractivity contribution in [2.75, 3.05) is 0 Å². The van der Waals surface area contributed by atoms with Crippen molar-refractivity contribution in [1.82, 2.24) is 0 Å². The summed E-state index contributed by atoms with van der Waals surface area (Å²) in [6.45, 7) is 1.95. The molecule has 2 nitrogen and oxygen atoms in total. The Hall–Kier alpha value is -0.870. The number of aryl methyl sites for hydroxylation is 1. The molecule has 0 radical (unpaired) electrons. The molecule has 0 saturated heterocycles.